The average Bonchev–Trinajstić information content (AvgIpc) is 2.92. The van der Waals surface area contributed by atoms with Crippen molar-refractivity contribution < 1.29 is 25.9 Å². The minimum atomic E-state index is -4.56. The zero-order valence-corrected chi connectivity index (χ0v) is 25.6. The average molecular weight is 607 g/mol. The third-order valence-electron chi connectivity index (χ3n) is 6.67. The van der Waals surface area contributed by atoms with Crippen molar-refractivity contribution in [3.63, 3.8) is 0 Å². The van der Waals surface area contributed by atoms with Crippen molar-refractivity contribution in [2.45, 2.75) is 9.79 Å². The number of benzene rings is 6. The maximum Gasteiger partial charge on any atom is 2.00 e. The molecule has 6 aromatic rings. The molecule has 0 spiro atoms. The van der Waals surface area contributed by atoms with Gasteiger partial charge in [-0.1, -0.05) is 98.1 Å². The molecule has 6 rings (SSSR count). The van der Waals surface area contributed by atoms with Gasteiger partial charge in [-0.15, -0.1) is 0 Å². The van der Waals surface area contributed by atoms with E-state index in [1.165, 1.54) is 12.2 Å². The molecular formula is C32H22CaO6S2. The van der Waals surface area contributed by atoms with E-state index in [0.717, 1.165) is 32.3 Å². The predicted octanol–water partition coefficient (Wildman–Crippen LogP) is 6.70. The van der Waals surface area contributed by atoms with E-state index in [4.69, 9.17) is 0 Å². The van der Waals surface area contributed by atoms with E-state index in [1.807, 2.05) is 60.7 Å². The molecule has 0 fully saturated rings. The molecule has 0 radical (unpaired) electrons. The minimum Gasteiger partial charge on any atom is -0.744 e. The molecule has 0 aliphatic heterocycles. The molecule has 0 aliphatic rings. The van der Waals surface area contributed by atoms with Crippen LogP contribution in [0.4, 0.5) is 0 Å². The van der Waals surface area contributed by atoms with Crippen LogP contribution in [-0.2, 0) is 20.2 Å². The summed E-state index contributed by atoms with van der Waals surface area (Å²) in [6.45, 7) is 7.14. The first kappa shape index (κ1) is 30.9. The molecule has 0 atom stereocenters. The first-order chi connectivity index (χ1) is 19.0. The fourth-order valence-corrected chi connectivity index (χ4v) is 6.66. The standard InChI is InChI=1S/2C16H12O3S.Ca/c2*1-2-11-7-8-14-9-12-5-3-4-6-13(12)10-15(14)16(11)20(17,18)19;/h2*2-10H,1H2,(H,17,18,19);/q;;+2/p-2. The van der Waals surface area contributed by atoms with Crippen molar-refractivity contribution in [3.8, 4) is 0 Å². The van der Waals surface area contributed by atoms with E-state index in [1.54, 1.807) is 36.4 Å². The van der Waals surface area contributed by atoms with Crippen LogP contribution in [0.5, 0.6) is 0 Å². The molecule has 0 unspecified atom stereocenters. The Kier molecular flexibility index (Phi) is 9.06. The summed E-state index contributed by atoms with van der Waals surface area (Å²) in [5.41, 5.74) is 0.672. The largest absolute Gasteiger partial charge is 2.00 e. The summed E-state index contributed by atoms with van der Waals surface area (Å²) in [6, 6.07) is 29.3. The molecule has 41 heavy (non-hydrogen) atoms. The Bertz CT molecular complexity index is 2050. The van der Waals surface area contributed by atoms with Crippen molar-refractivity contribution in [2.75, 3.05) is 0 Å². The van der Waals surface area contributed by atoms with Crippen LogP contribution in [0, 0.1) is 0 Å². The quantitative estimate of drug-likeness (QED) is 0.125. The fourth-order valence-electron chi connectivity index (χ4n) is 4.89. The number of fused-ring (bicyclic) bond motifs is 4. The number of hydrogen-bond acceptors (Lipinski definition) is 6. The third-order valence-corrected chi connectivity index (χ3v) is 8.59. The van der Waals surface area contributed by atoms with Crippen LogP contribution in [-0.4, -0.2) is 63.7 Å². The SMILES string of the molecule is C=Cc1ccc2cc3ccccc3cc2c1S(=O)(=O)[O-].C=Cc1ccc2cc3ccccc3cc2c1S(=O)(=O)[O-].[Ca+2]. The van der Waals surface area contributed by atoms with Crippen molar-refractivity contribution in [3.05, 3.63) is 121 Å². The summed E-state index contributed by atoms with van der Waals surface area (Å²) in [5.74, 6) is 0. The van der Waals surface area contributed by atoms with Gasteiger partial charge in [-0.05, 0) is 67.7 Å². The van der Waals surface area contributed by atoms with E-state index in [2.05, 4.69) is 13.2 Å². The van der Waals surface area contributed by atoms with E-state index in [9.17, 15) is 25.9 Å². The molecule has 6 nitrogen and oxygen atoms in total. The normalized spacial score (nSPS) is 11.6. The van der Waals surface area contributed by atoms with Crippen molar-refractivity contribution >= 4 is 113 Å². The monoisotopic (exact) mass is 606 g/mol. The van der Waals surface area contributed by atoms with Crippen LogP contribution in [0.25, 0.3) is 55.2 Å². The van der Waals surface area contributed by atoms with Gasteiger partial charge in [0.1, 0.15) is 20.2 Å². The molecule has 6 aromatic carbocycles. The van der Waals surface area contributed by atoms with Gasteiger partial charge < -0.3 is 9.11 Å². The second kappa shape index (κ2) is 12.0. The van der Waals surface area contributed by atoms with E-state index < -0.39 is 20.2 Å². The number of rotatable bonds is 4. The van der Waals surface area contributed by atoms with Gasteiger partial charge in [-0.3, -0.25) is 0 Å². The Hall–Kier alpha value is -3.08. The Morgan fingerprint density at radius 2 is 0.805 bits per heavy atom. The molecule has 200 valence electrons. The van der Waals surface area contributed by atoms with Crippen LogP contribution in [0.1, 0.15) is 11.1 Å². The molecular weight excluding hydrogens is 585 g/mol. The summed E-state index contributed by atoms with van der Waals surface area (Å²) in [6.07, 6.45) is 2.78. The van der Waals surface area contributed by atoms with E-state index >= 15 is 0 Å². The van der Waals surface area contributed by atoms with Gasteiger partial charge in [0, 0.05) is 10.8 Å². The van der Waals surface area contributed by atoms with Gasteiger partial charge >= 0.3 is 37.7 Å². The maximum absolute atomic E-state index is 11.6. The first-order valence-electron chi connectivity index (χ1n) is 12.1. The van der Waals surface area contributed by atoms with Crippen LogP contribution in [0.15, 0.2) is 120 Å². The van der Waals surface area contributed by atoms with Gasteiger partial charge in [0.25, 0.3) is 0 Å². The second-order valence-electron chi connectivity index (χ2n) is 9.13. The van der Waals surface area contributed by atoms with E-state index in [0.29, 0.717) is 21.9 Å². The maximum atomic E-state index is 11.6. The first-order valence-corrected chi connectivity index (χ1v) is 14.9. The molecule has 0 heterocycles. The smallest absolute Gasteiger partial charge is 0.744 e. The zero-order valence-electron chi connectivity index (χ0n) is 21.8. The predicted molar refractivity (Wildman–Crippen MR) is 165 cm³/mol. The van der Waals surface area contributed by atoms with E-state index in [-0.39, 0.29) is 47.5 Å². The summed E-state index contributed by atoms with van der Waals surface area (Å²) in [7, 11) is -9.12. The van der Waals surface area contributed by atoms with Crippen LogP contribution >= 0.6 is 0 Å². The summed E-state index contributed by atoms with van der Waals surface area (Å²) < 4.78 is 69.4. The van der Waals surface area contributed by atoms with Gasteiger partial charge in [0.05, 0.1) is 9.79 Å². The molecule has 0 amide bonds. The molecule has 0 N–H and O–H groups in total. The molecule has 9 heteroatoms. The Labute approximate surface area is 268 Å². The van der Waals surface area contributed by atoms with Crippen molar-refractivity contribution in [2.24, 2.45) is 0 Å². The second-order valence-corrected chi connectivity index (χ2v) is 11.8. The molecule has 0 aliphatic carbocycles. The van der Waals surface area contributed by atoms with Crippen LogP contribution in [0.3, 0.4) is 0 Å². The van der Waals surface area contributed by atoms with Crippen molar-refractivity contribution in [1.82, 2.24) is 0 Å². The minimum absolute atomic E-state index is 0. The Morgan fingerprint density at radius 3 is 1.10 bits per heavy atom. The summed E-state index contributed by atoms with van der Waals surface area (Å²) >= 11 is 0. The third kappa shape index (κ3) is 6.24. The number of hydrogen-bond donors (Lipinski definition) is 0. The van der Waals surface area contributed by atoms with Crippen LogP contribution in [0.2, 0.25) is 0 Å². The van der Waals surface area contributed by atoms with Gasteiger partial charge in [-0.2, -0.15) is 0 Å². The topological polar surface area (TPSA) is 114 Å². The Balaban J connectivity index is 0.000000184. The zero-order chi connectivity index (χ0) is 28.7. The summed E-state index contributed by atoms with van der Waals surface area (Å²) in [4.78, 5) is -0.397. The van der Waals surface area contributed by atoms with Crippen molar-refractivity contribution in [1.29, 1.82) is 0 Å². The van der Waals surface area contributed by atoms with Crippen LogP contribution < -0.4 is 0 Å². The van der Waals surface area contributed by atoms with Gasteiger partial charge in [0.2, 0.25) is 0 Å². The van der Waals surface area contributed by atoms with Gasteiger partial charge in [-0.25, -0.2) is 16.8 Å². The Morgan fingerprint density at radius 1 is 0.488 bits per heavy atom. The summed E-state index contributed by atoms with van der Waals surface area (Å²) in [5, 5.41) is 6.12. The molecule has 0 aromatic heterocycles. The molecule has 0 saturated heterocycles. The fraction of sp³-hybridized carbons (Fsp3) is 0. The van der Waals surface area contributed by atoms with Gasteiger partial charge in [0.15, 0.2) is 0 Å². The molecule has 0 saturated carbocycles. The molecule has 0 bridgehead atoms.